The van der Waals surface area contributed by atoms with E-state index in [0.29, 0.717) is 12.5 Å². The Morgan fingerprint density at radius 1 is 1.29 bits per heavy atom. The van der Waals surface area contributed by atoms with E-state index in [1.54, 1.807) is 7.05 Å². The summed E-state index contributed by atoms with van der Waals surface area (Å²) in [6.07, 6.45) is 3.48. The first-order valence-corrected chi connectivity index (χ1v) is 8.70. The Morgan fingerprint density at radius 3 is 2.29 bits per heavy atom. The SMILES string of the molecule is CC1CCC(CN)(N(C)S(=O)(=O)c2ccc(F)cc2)CC1. The molecule has 2 N–H and O–H groups in total. The predicted octanol–water partition coefficient (Wildman–Crippen LogP) is 2.35. The van der Waals surface area contributed by atoms with Crippen molar-refractivity contribution in [2.75, 3.05) is 13.6 Å². The standard InChI is InChI=1S/C15H23FN2O2S/c1-12-7-9-15(11-17,10-8-12)18(2)21(19,20)14-5-3-13(16)4-6-14/h3-6,12H,7-11,17H2,1-2H3. The second-order valence-corrected chi connectivity index (χ2v) is 8.01. The van der Waals surface area contributed by atoms with Crippen LogP contribution in [-0.2, 0) is 10.0 Å². The molecule has 0 atom stereocenters. The third-order valence-corrected chi connectivity index (χ3v) is 6.70. The summed E-state index contributed by atoms with van der Waals surface area (Å²) in [4.78, 5) is 0.109. The molecule has 0 saturated heterocycles. The van der Waals surface area contributed by atoms with E-state index in [4.69, 9.17) is 5.73 Å². The molecule has 118 valence electrons. The number of rotatable bonds is 4. The third-order valence-electron chi connectivity index (χ3n) is 4.72. The number of hydrogen-bond donors (Lipinski definition) is 1. The van der Waals surface area contributed by atoms with Crippen LogP contribution in [0.1, 0.15) is 32.6 Å². The van der Waals surface area contributed by atoms with Crippen molar-refractivity contribution in [3.63, 3.8) is 0 Å². The molecule has 1 aliphatic carbocycles. The summed E-state index contributed by atoms with van der Waals surface area (Å²) in [6, 6.07) is 4.94. The third kappa shape index (κ3) is 3.12. The van der Waals surface area contributed by atoms with Crippen LogP contribution in [0.15, 0.2) is 29.2 Å². The lowest BCUT2D eigenvalue weighted by Crippen LogP contribution is -2.55. The second kappa shape index (κ2) is 6.02. The quantitative estimate of drug-likeness (QED) is 0.928. The molecule has 2 rings (SSSR count). The van der Waals surface area contributed by atoms with Gasteiger partial charge in [-0.2, -0.15) is 4.31 Å². The zero-order valence-electron chi connectivity index (χ0n) is 12.5. The molecule has 0 bridgehead atoms. The molecule has 0 aromatic heterocycles. The van der Waals surface area contributed by atoms with Crippen LogP contribution >= 0.6 is 0 Å². The lowest BCUT2D eigenvalue weighted by Gasteiger charge is -2.44. The minimum atomic E-state index is -3.66. The van der Waals surface area contributed by atoms with Gasteiger partial charge in [-0.25, -0.2) is 12.8 Å². The van der Waals surface area contributed by atoms with Gasteiger partial charge in [-0.3, -0.25) is 0 Å². The van der Waals surface area contributed by atoms with Gasteiger partial charge in [0.1, 0.15) is 5.82 Å². The Morgan fingerprint density at radius 2 is 1.81 bits per heavy atom. The van der Waals surface area contributed by atoms with E-state index >= 15 is 0 Å². The first-order valence-electron chi connectivity index (χ1n) is 7.26. The fraction of sp³-hybridized carbons (Fsp3) is 0.600. The Labute approximate surface area is 126 Å². The average molecular weight is 314 g/mol. The Bertz CT molecular complexity index is 578. The van der Waals surface area contributed by atoms with Gasteiger partial charge in [-0.1, -0.05) is 6.92 Å². The fourth-order valence-electron chi connectivity index (χ4n) is 2.97. The molecule has 0 spiro atoms. The molecule has 1 aliphatic rings. The van der Waals surface area contributed by atoms with Crippen molar-refractivity contribution >= 4 is 10.0 Å². The van der Waals surface area contributed by atoms with E-state index in [0.717, 1.165) is 25.7 Å². The van der Waals surface area contributed by atoms with Crippen molar-refractivity contribution in [1.82, 2.24) is 4.31 Å². The van der Waals surface area contributed by atoms with Crippen molar-refractivity contribution in [3.05, 3.63) is 30.1 Å². The summed E-state index contributed by atoms with van der Waals surface area (Å²) in [5, 5.41) is 0. The van der Waals surface area contributed by atoms with E-state index in [1.807, 2.05) is 0 Å². The minimum Gasteiger partial charge on any atom is -0.329 e. The van der Waals surface area contributed by atoms with Gasteiger partial charge in [-0.05, 0) is 55.9 Å². The average Bonchev–Trinajstić information content (AvgIpc) is 2.48. The molecule has 1 aromatic rings. The van der Waals surface area contributed by atoms with E-state index in [-0.39, 0.29) is 4.90 Å². The highest BCUT2D eigenvalue weighted by Gasteiger charge is 2.42. The summed E-state index contributed by atoms with van der Waals surface area (Å²) in [5.41, 5.74) is 5.39. The number of likely N-dealkylation sites (N-methyl/N-ethyl adjacent to an activating group) is 1. The van der Waals surface area contributed by atoms with E-state index in [9.17, 15) is 12.8 Å². The lowest BCUT2D eigenvalue weighted by atomic mass is 9.77. The van der Waals surface area contributed by atoms with Crippen LogP contribution in [0.4, 0.5) is 4.39 Å². The maximum Gasteiger partial charge on any atom is 0.243 e. The minimum absolute atomic E-state index is 0.109. The molecule has 1 saturated carbocycles. The molecule has 6 heteroatoms. The monoisotopic (exact) mass is 314 g/mol. The van der Waals surface area contributed by atoms with Crippen LogP contribution in [0, 0.1) is 11.7 Å². The Hall–Kier alpha value is -0.980. The maximum atomic E-state index is 13.0. The number of hydrogen-bond acceptors (Lipinski definition) is 3. The second-order valence-electron chi connectivity index (χ2n) is 6.04. The van der Waals surface area contributed by atoms with Crippen molar-refractivity contribution in [2.45, 2.75) is 43.0 Å². The zero-order chi connectivity index (χ0) is 15.7. The topological polar surface area (TPSA) is 63.4 Å². The van der Waals surface area contributed by atoms with Gasteiger partial charge < -0.3 is 5.73 Å². The summed E-state index contributed by atoms with van der Waals surface area (Å²) in [6.45, 7) is 2.48. The van der Waals surface area contributed by atoms with Gasteiger partial charge in [0.05, 0.1) is 4.90 Å². The van der Waals surface area contributed by atoms with Crippen LogP contribution in [-0.4, -0.2) is 31.9 Å². The zero-order valence-corrected chi connectivity index (χ0v) is 13.4. The largest absolute Gasteiger partial charge is 0.329 e. The molecule has 0 aliphatic heterocycles. The number of sulfonamides is 1. The van der Waals surface area contributed by atoms with E-state index < -0.39 is 21.4 Å². The summed E-state index contributed by atoms with van der Waals surface area (Å²) in [5.74, 6) is 0.156. The molecule has 0 unspecified atom stereocenters. The lowest BCUT2D eigenvalue weighted by molar-refractivity contribution is 0.135. The fourth-order valence-corrected chi connectivity index (χ4v) is 4.53. The highest BCUT2D eigenvalue weighted by atomic mass is 32.2. The Balaban J connectivity index is 2.32. The molecule has 0 amide bonds. The van der Waals surface area contributed by atoms with E-state index in [1.165, 1.54) is 28.6 Å². The summed E-state index contributed by atoms with van der Waals surface area (Å²) in [7, 11) is -2.07. The van der Waals surface area contributed by atoms with Crippen LogP contribution in [0.2, 0.25) is 0 Å². The highest BCUT2D eigenvalue weighted by molar-refractivity contribution is 7.89. The van der Waals surface area contributed by atoms with E-state index in [2.05, 4.69) is 6.92 Å². The maximum absolute atomic E-state index is 13.0. The van der Waals surface area contributed by atoms with Gasteiger partial charge in [0.2, 0.25) is 10.0 Å². The smallest absolute Gasteiger partial charge is 0.243 e. The molecule has 1 fully saturated rings. The number of nitrogens with two attached hydrogens (primary N) is 1. The van der Waals surface area contributed by atoms with Gasteiger partial charge >= 0.3 is 0 Å². The molecule has 0 heterocycles. The number of benzene rings is 1. The normalized spacial score (nSPS) is 27.0. The van der Waals surface area contributed by atoms with Crippen LogP contribution in [0.25, 0.3) is 0 Å². The molecule has 4 nitrogen and oxygen atoms in total. The van der Waals surface area contributed by atoms with Gasteiger partial charge in [-0.15, -0.1) is 0 Å². The van der Waals surface area contributed by atoms with Crippen molar-refractivity contribution < 1.29 is 12.8 Å². The van der Waals surface area contributed by atoms with Crippen molar-refractivity contribution in [3.8, 4) is 0 Å². The van der Waals surface area contributed by atoms with Gasteiger partial charge in [0, 0.05) is 19.1 Å². The van der Waals surface area contributed by atoms with Gasteiger partial charge in [0.15, 0.2) is 0 Å². The number of nitrogens with zero attached hydrogens (tertiary/aromatic N) is 1. The van der Waals surface area contributed by atoms with Crippen molar-refractivity contribution in [2.24, 2.45) is 11.7 Å². The first kappa shape index (κ1) is 16.4. The predicted molar refractivity (Wildman–Crippen MR) is 80.8 cm³/mol. The molecular formula is C15H23FN2O2S. The van der Waals surface area contributed by atoms with Gasteiger partial charge in [0.25, 0.3) is 0 Å². The van der Waals surface area contributed by atoms with Crippen LogP contribution in [0.3, 0.4) is 0 Å². The Kier molecular flexibility index (Phi) is 4.70. The number of halogens is 1. The summed E-state index contributed by atoms with van der Waals surface area (Å²) >= 11 is 0. The highest BCUT2D eigenvalue weighted by Crippen LogP contribution is 2.37. The first-order chi connectivity index (χ1) is 9.82. The van der Waals surface area contributed by atoms with Crippen molar-refractivity contribution in [1.29, 1.82) is 0 Å². The van der Waals surface area contributed by atoms with Crippen LogP contribution < -0.4 is 5.73 Å². The molecule has 1 aromatic carbocycles. The molecular weight excluding hydrogens is 291 g/mol. The molecule has 0 radical (unpaired) electrons. The summed E-state index contributed by atoms with van der Waals surface area (Å²) < 4.78 is 39.9. The molecule has 21 heavy (non-hydrogen) atoms. The van der Waals surface area contributed by atoms with Crippen LogP contribution in [0.5, 0.6) is 0 Å².